The summed E-state index contributed by atoms with van der Waals surface area (Å²) in [5, 5.41) is 0. The highest BCUT2D eigenvalue weighted by Gasteiger charge is 2.28. The van der Waals surface area contributed by atoms with E-state index >= 15 is 0 Å². The number of aromatic amines is 1. The number of carbonyl (C=O) groups is 1. The van der Waals surface area contributed by atoms with Crippen LogP contribution in [0.4, 0.5) is 16.3 Å². The van der Waals surface area contributed by atoms with E-state index in [9.17, 15) is 9.59 Å². The van der Waals surface area contributed by atoms with Gasteiger partial charge in [0.15, 0.2) is 0 Å². The van der Waals surface area contributed by atoms with Crippen LogP contribution in [0.5, 0.6) is 0 Å². The molecule has 0 bridgehead atoms. The number of pyridine rings is 1. The van der Waals surface area contributed by atoms with Gasteiger partial charge in [0.25, 0.3) is 5.56 Å². The molecule has 8 heteroatoms. The van der Waals surface area contributed by atoms with Crippen molar-refractivity contribution >= 4 is 17.6 Å². The maximum absolute atomic E-state index is 12.1. The number of H-pyrrole nitrogens is 1. The number of carbonyl (C=O) groups excluding carboxylic acids is 1. The number of aromatic nitrogens is 3. The van der Waals surface area contributed by atoms with Crippen molar-refractivity contribution in [2.75, 3.05) is 29.5 Å². The highest BCUT2D eigenvalue weighted by molar-refractivity contribution is 5.90. The summed E-state index contributed by atoms with van der Waals surface area (Å²) in [5.41, 5.74) is 5.33. The predicted octanol–water partition coefficient (Wildman–Crippen LogP) is 2.97. The number of cyclic esters (lactones) is 1. The first kappa shape index (κ1) is 19.3. The van der Waals surface area contributed by atoms with Crippen LogP contribution in [0.15, 0.2) is 41.3 Å². The van der Waals surface area contributed by atoms with Crippen LogP contribution < -0.4 is 15.4 Å². The van der Waals surface area contributed by atoms with E-state index in [4.69, 9.17) is 4.74 Å². The molecule has 2 aromatic heterocycles. The first-order valence-electron chi connectivity index (χ1n) is 10.4. The fraction of sp³-hybridized carbons (Fsp3) is 0.304. The van der Waals surface area contributed by atoms with Crippen molar-refractivity contribution in [1.29, 1.82) is 0 Å². The maximum atomic E-state index is 12.1. The van der Waals surface area contributed by atoms with Crippen LogP contribution in [0.1, 0.15) is 22.4 Å². The average molecular weight is 417 g/mol. The topological polar surface area (TPSA) is 91.4 Å². The van der Waals surface area contributed by atoms with Crippen molar-refractivity contribution in [3.63, 3.8) is 0 Å². The molecule has 8 nitrogen and oxygen atoms in total. The van der Waals surface area contributed by atoms with Crippen molar-refractivity contribution in [2.45, 2.75) is 26.8 Å². The Labute approximate surface area is 179 Å². The molecular weight excluding hydrogens is 394 g/mol. The van der Waals surface area contributed by atoms with Gasteiger partial charge in [-0.1, -0.05) is 12.1 Å². The minimum atomic E-state index is -0.272. The highest BCUT2D eigenvalue weighted by Crippen LogP contribution is 2.32. The Morgan fingerprint density at radius 1 is 1.10 bits per heavy atom. The second-order valence-electron chi connectivity index (χ2n) is 7.88. The third-order valence-corrected chi connectivity index (χ3v) is 6.03. The summed E-state index contributed by atoms with van der Waals surface area (Å²) < 4.78 is 5.11. The van der Waals surface area contributed by atoms with Crippen molar-refractivity contribution in [1.82, 2.24) is 15.0 Å². The van der Waals surface area contributed by atoms with E-state index in [1.807, 2.05) is 31.2 Å². The fourth-order valence-electron chi connectivity index (χ4n) is 4.14. The highest BCUT2D eigenvalue weighted by atomic mass is 16.6. The number of anilines is 2. The molecule has 4 heterocycles. The molecule has 0 aliphatic carbocycles. The molecular formula is C23H23N5O3. The number of fused-ring (bicyclic) bond motifs is 1. The van der Waals surface area contributed by atoms with Gasteiger partial charge >= 0.3 is 6.09 Å². The van der Waals surface area contributed by atoms with Gasteiger partial charge in [-0.15, -0.1) is 0 Å². The summed E-state index contributed by atoms with van der Waals surface area (Å²) in [4.78, 5) is 39.9. The molecule has 2 aliphatic rings. The van der Waals surface area contributed by atoms with E-state index in [1.54, 1.807) is 18.0 Å². The molecule has 0 unspecified atom stereocenters. The summed E-state index contributed by atoms with van der Waals surface area (Å²) in [5.74, 6) is 1.39. The van der Waals surface area contributed by atoms with Gasteiger partial charge in [0.1, 0.15) is 18.2 Å². The number of ether oxygens (including phenoxy) is 1. The Kier molecular flexibility index (Phi) is 4.69. The van der Waals surface area contributed by atoms with Crippen molar-refractivity contribution in [2.24, 2.45) is 0 Å². The predicted molar refractivity (Wildman–Crippen MR) is 117 cm³/mol. The van der Waals surface area contributed by atoms with Gasteiger partial charge in [-0.2, -0.15) is 0 Å². The fourth-order valence-corrected chi connectivity index (χ4v) is 4.14. The van der Waals surface area contributed by atoms with E-state index in [0.717, 1.165) is 36.6 Å². The van der Waals surface area contributed by atoms with Gasteiger partial charge in [-0.25, -0.2) is 14.8 Å². The van der Waals surface area contributed by atoms with E-state index in [1.165, 1.54) is 11.1 Å². The van der Waals surface area contributed by atoms with Crippen molar-refractivity contribution in [3.05, 3.63) is 69.3 Å². The number of nitrogens with zero attached hydrogens (tertiary/aromatic N) is 4. The molecule has 31 heavy (non-hydrogen) atoms. The molecule has 5 rings (SSSR count). The molecule has 0 atom stereocenters. The molecule has 2 aliphatic heterocycles. The molecule has 158 valence electrons. The smallest absolute Gasteiger partial charge is 0.414 e. The minimum Gasteiger partial charge on any atom is -0.447 e. The molecule has 1 saturated heterocycles. The molecule has 1 aromatic carbocycles. The van der Waals surface area contributed by atoms with Crippen LogP contribution in [0, 0.1) is 13.8 Å². The SMILES string of the molecule is Cc1nc(-c2ccc(N3CCc4c(cccc4N4CCOC4=O)C3)nc2)[nH]c(=O)c1C. The first-order chi connectivity index (χ1) is 15.0. The van der Waals surface area contributed by atoms with E-state index in [0.29, 0.717) is 30.2 Å². The third kappa shape index (κ3) is 3.43. The standard InChI is InChI=1S/C23H23N5O3/c1-14-15(2)25-21(26-22(14)29)16-6-7-20(24-12-16)27-9-8-18-17(13-27)4-3-5-19(18)28-10-11-31-23(28)30/h3-7,12H,8-11,13H2,1-2H3,(H,25,26,29). The van der Waals surface area contributed by atoms with Crippen LogP contribution in [-0.2, 0) is 17.7 Å². The maximum Gasteiger partial charge on any atom is 0.414 e. The van der Waals surface area contributed by atoms with Gasteiger partial charge in [0.2, 0.25) is 0 Å². The summed E-state index contributed by atoms with van der Waals surface area (Å²) in [6.07, 6.45) is 2.30. The lowest BCUT2D eigenvalue weighted by molar-refractivity contribution is 0.181. The van der Waals surface area contributed by atoms with E-state index in [-0.39, 0.29) is 11.7 Å². The van der Waals surface area contributed by atoms with Crippen LogP contribution in [-0.4, -0.2) is 40.7 Å². The quantitative estimate of drug-likeness (QED) is 0.705. The Morgan fingerprint density at radius 2 is 1.97 bits per heavy atom. The second kappa shape index (κ2) is 7.54. The van der Waals surface area contributed by atoms with Crippen LogP contribution in [0.25, 0.3) is 11.4 Å². The Balaban J connectivity index is 1.39. The Bertz CT molecular complexity index is 1220. The van der Waals surface area contributed by atoms with E-state index in [2.05, 4.69) is 25.9 Å². The van der Waals surface area contributed by atoms with Gasteiger partial charge in [-0.3, -0.25) is 9.69 Å². The van der Waals surface area contributed by atoms with Gasteiger partial charge in [0, 0.05) is 36.1 Å². The number of aryl methyl sites for hydroxylation is 1. The number of rotatable bonds is 3. The van der Waals surface area contributed by atoms with E-state index < -0.39 is 0 Å². The number of hydrogen-bond acceptors (Lipinski definition) is 6. The molecule has 1 fully saturated rings. The Morgan fingerprint density at radius 3 is 2.68 bits per heavy atom. The lowest BCUT2D eigenvalue weighted by atomic mass is 9.97. The summed E-state index contributed by atoms with van der Waals surface area (Å²) in [6, 6.07) is 9.97. The zero-order chi connectivity index (χ0) is 21.5. The van der Waals surface area contributed by atoms with Crippen LogP contribution in [0.3, 0.4) is 0 Å². The number of benzene rings is 1. The third-order valence-electron chi connectivity index (χ3n) is 6.03. The summed E-state index contributed by atoms with van der Waals surface area (Å²) in [7, 11) is 0. The molecule has 3 aromatic rings. The van der Waals surface area contributed by atoms with Crippen LogP contribution >= 0.6 is 0 Å². The summed E-state index contributed by atoms with van der Waals surface area (Å²) >= 11 is 0. The van der Waals surface area contributed by atoms with Crippen LogP contribution in [0.2, 0.25) is 0 Å². The normalized spacial score (nSPS) is 15.7. The number of amides is 1. The number of nitrogens with one attached hydrogen (secondary N) is 1. The lowest BCUT2D eigenvalue weighted by Gasteiger charge is -2.32. The first-order valence-corrected chi connectivity index (χ1v) is 10.4. The van der Waals surface area contributed by atoms with Gasteiger partial charge < -0.3 is 14.6 Å². The van der Waals surface area contributed by atoms with Gasteiger partial charge in [-0.05, 0) is 49.6 Å². The van der Waals surface area contributed by atoms with Crippen molar-refractivity contribution < 1.29 is 9.53 Å². The monoisotopic (exact) mass is 417 g/mol. The largest absolute Gasteiger partial charge is 0.447 e. The molecule has 1 amide bonds. The average Bonchev–Trinajstić information content (AvgIpc) is 3.22. The molecule has 0 saturated carbocycles. The Hall–Kier alpha value is -3.68. The molecule has 1 N–H and O–H groups in total. The zero-order valence-corrected chi connectivity index (χ0v) is 17.5. The molecule has 0 spiro atoms. The number of hydrogen-bond donors (Lipinski definition) is 1. The minimum absolute atomic E-state index is 0.128. The zero-order valence-electron chi connectivity index (χ0n) is 17.5. The molecule has 0 radical (unpaired) electrons. The van der Waals surface area contributed by atoms with Crippen molar-refractivity contribution in [3.8, 4) is 11.4 Å². The summed E-state index contributed by atoms with van der Waals surface area (Å²) in [6.45, 7) is 6.15. The second-order valence-corrected chi connectivity index (χ2v) is 7.88. The lowest BCUT2D eigenvalue weighted by Crippen LogP contribution is -2.33. The van der Waals surface area contributed by atoms with Gasteiger partial charge in [0.05, 0.1) is 12.2 Å².